The molecule has 0 unspecified atom stereocenters. The van der Waals surface area contributed by atoms with Gasteiger partial charge in [-0.2, -0.15) is 0 Å². The summed E-state index contributed by atoms with van der Waals surface area (Å²) in [6.45, 7) is 7.17. The highest BCUT2D eigenvalue weighted by atomic mass is 16.5. The lowest BCUT2D eigenvalue weighted by molar-refractivity contribution is -0.136. The van der Waals surface area contributed by atoms with Gasteiger partial charge in [-0.3, -0.25) is 0 Å². The molecule has 21 heavy (non-hydrogen) atoms. The molecule has 4 heteroatoms. The zero-order chi connectivity index (χ0) is 16.5. The number of rotatable bonds is 10. The Hall–Kier alpha value is -1.58. The zero-order valence-electron chi connectivity index (χ0n) is 13.7. The first-order chi connectivity index (χ1) is 9.95. The minimum atomic E-state index is -0.840. The number of carboxylic acid groups (broad SMARTS) is 1. The predicted molar refractivity (Wildman–Crippen MR) is 86.2 cm³/mol. The molecular formula is C17H30O4. The summed E-state index contributed by atoms with van der Waals surface area (Å²) < 4.78 is 4.27. The van der Waals surface area contributed by atoms with Gasteiger partial charge in [0.25, 0.3) is 0 Å². The van der Waals surface area contributed by atoms with Crippen LogP contribution in [0.2, 0.25) is 0 Å². The van der Waals surface area contributed by atoms with Crippen LogP contribution in [0.15, 0.2) is 24.3 Å². The topological polar surface area (TPSA) is 63.6 Å². The maximum Gasteiger partial charge on any atom is 0.332 e. The first-order valence-corrected chi connectivity index (χ1v) is 7.59. The Balaban J connectivity index is 0. The van der Waals surface area contributed by atoms with Crippen LogP contribution in [0.3, 0.4) is 0 Å². The van der Waals surface area contributed by atoms with Crippen molar-refractivity contribution in [2.75, 3.05) is 7.11 Å². The van der Waals surface area contributed by atoms with E-state index in [2.05, 4.69) is 18.2 Å². The summed E-state index contributed by atoms with van der Waals surface area (Å²) in [5.41, 5.74) is 0.433. The molecule has 0 saturated heterocycles. The maximum atomic E-state index is 10.2. The molecule has 0 aromatic rings. The maximum absolute atomic E-state index is 10.2. The van der Waals surface area contributed by atoms with Gasteiger partial charge in [0, 0.05) is 11.6 Å². The summed E-state index contributed by atoms with van der Waals surface area (Å²) >= 11 is 0. The highest BCUT2D eigenvalue weighted by Gasteiger charge is 1.95. The van der Waals surface area contributed by atoms with E-state index in [1.54, 1.807) is 13.0 Å². The Morgan fingerprint density at radius 3 is 2.00 bits per heavy atom. The van der Waals surface area contributed by atoms with Crippen LogP contribution in [0.1, 0.15) is 65.2 Å². The van der Waals surface area contributed by atoms with Crippen molar-refractivity contribution >= 4 is 11.9 Å². The number of carbonyl (C=O) groups is 2. The van der Waals surface area contributed by atoms with Gasteiger partial charge < -0.3 is 9.84 Å². The lowest BCUT2D eigenvalue weighted by atomic mass is 10.1. The van der Waals surface area contributed by atoms with Crippen molar-refractivity contribution in [1.29, 1.82) is 0 Å². The molecule has 0 amide bonds. The number of aliphatic carboxylic acids is 1. The number of hydrogen-bond donors (Lipinski definition) is 1. The molecule has 122 valence electrons. The minimum absolute atomic E-state index is 0.347. The van der Waals surface area contributed by atoms with E-state index in [4.69, 9.17) is 5.11 Å². The predicted octanol–water partition coefficient (Wildman–Crippen LogP) is 4.50. The number of unbranched alkanes of at least 4 members (excludes halogenated alkanes) is 7. The number of allylic oxidation sites excluding steroid dienone is 1. The lowest BCUT2D eigenvalue weighted by Crippen LogP contribution is -1.98. The lowest BCUT2D eigenvalue weighted by Gasteiger charge is -1.98. The molecule has 0 aliphatic heterocycles. The molecule has 0 fully saturated rings. The fraction of sp³-hybridized carbons (Fsp3) is 0.647. The fourth-order valence-electron chi connectivity index (χ4n) is 1.58. The Morgan fingerprint density at radius 1 is 1.10 bits per heavy atom. The second-order valence-corrected chi connectivity index (χ2v) is 4.92. The Kier molecular flexibility index (Phi) is 17.0. The van der Waals surface area contributed by atoms with Crippen LogP contribution in [0.4, 0.5) is 0 Å². The standard InChI is InChI=1S/C12H22O2.C5H8O2/c1-2-3-4-5-6-7-8-9-10-11-12(13)14;1-4(2)5(6)7-3/h10-11H,2-9H2,1H3,(H,13,14);1H2,2-3H3. The molecular weight excluding hydrogens is 268 g/mol. The van der Waals surface area contributed by atoms with Crippen LogP contribution >= 0.6 is 0 Å². The fourth-order valence-corrected chi connectivity index (χ4v) is 1.58. The molecule has 0 aromatic carbocycles. The van der Waals surface area contributed by atoms with Crippen molar-refractivity contribution in [3.05, 3.63) is 24.3 Å². The number of methoxy groups -OCH3 is 1. The van der Waals surface area contributed by atoms with Gasteiger partial charge in [-0.25, -0.2) is 9.59 Å². The van der Waals surface area contributed by atoms with Gasteiger partial charge in [-0.05, 0) is 19.8 Å². The van der Waals surface area contributed by atoms with Gasteiger partial charge in [0.2, 0.25) is 0 Å². The third-order valence-corrected chi connectivity index (χ3v) is 2.77. The van der Waals surface area contributed by atoms with Crippen molar-refractivity contribution in [3.63, 3.8) is 0 Å². The van der Waals surface area contributed by atoms with Crippen LogP contribution in [0.25, 0.3) is 0 Å². The van der Waals surface area contributed by atoms with Crippen molar-refractivity contribution in [1.82, 2.24) is 0 Å². The van der Waals surface area contributed by atoms with Crippen LogP contribution in [0.5, 0.6) is 0 Å². The first kappa shape index (κ1) is 21.7. The molecule has 0 bridgehead atoms. The summed E-state index contributed by atoms with van der Waals surface area (Å²) in [6.07, 6.45) is 12.8. The van der Waals surface area contributed by atoms with E-state index in [9.17, 15) is 9.59 Å². The number of esters is 1. The average molecular weight is 298 g/mol. The smallest absolute Gasteiger partial charge is 0.332 e. The van der Waals surface area contributed by atoms with Gasteiger partial charge in [-0.1, -0.05) is 58.1 Å². The van der Waals surface area contributed by atoms with Crippen LogP contribution in [-0.4, -0.2) is 24.2 Å². The van der Waals surface area contributed by atoms with Crippen molar-refractivity contribution in [2.24, 2.45) is 0 Å². The van der Waals surface area contributed by atoms with E-state index in [-0.39, 0.29) is 5.97 Å². The number of carboxylic acids is 1. The third-order valence-electron chi connectivity index (χ3n) is 2.77. The van der Waals surface area contributed by atoms with Crippen LogP contribution < -0.4 is 0 Å². The molecule has 4 nitrogen and oxygen atoms in total. The molecule has 0 rings (SSSR count). The Morgan fingerprint density at radius 2 is 1.62 bits per heavy atom. The number of ether oxygens (including phenoxy) is 1. The van der Waals surface area contributed by atoms with Gasteiger partial charge in [-0.15, -0.1) is 0 Å². The average Bonchev–Trinajstić information content (AvgIpc) is 2.45. The van der Waals surface area contributed by atoms with Gasteiger partial charge in [0.05, 0.1) is 7.11 Å². The van der Waals surface area contributed by atoms with E-state index in [0.717, 1.165) is 12.8 Å². The molecule has 0 spiro atoms. The Bertz CT molecular complexity index is 319. The van der Waals surface area contributed by atoms with Gasteiger partial charge in [0.1, 0.15) is 0 Å². The SMILES string of the molecule is C=C(C)C(=O)OC.CCCCCCCCCC=CC(=O)O. The van der Waals surface area contributed by atoms with Gasteiger partial charge in [0.15, 0.2) is 0 Å². The van der Waals surface area contributed by atoms with Crippen molar-refractivity contribution in [2.45, 2.75) is 65.2 Å². The molecule has 0 saturated carbocycles. The number of carbonyl (C=O) groups excluding carboxylic acids is 1. The van der Waals surface area contributed by atoms with E-state index < -0.39 is 5.97 Å². The molecule has 0 aromatic heterocycles. The van der Waals surface area contributed by atoms with E-state index in [1.165, 1.54) is 51.7 Å². The zero-order valence-corrected chi connectivity index (χ0v) is 13.7. The summed E-state index contributed by atoms with van der Waals surface area (Å²) in [5, 5.41) is 8.33. The van der Waals surface area contributed by atoms with Crippen molar-refractivity contribution < 1.29 is 19.4 Å². The quantitative estimate of drug-likeness (QED) is 0.366. The van der Waals surface area contributed by atoms with Crippen LogP contribution in [0, 0.1) is 0 Å². The molecule has 0 atom stereocenters. The second-order valence-electron chi connectivity index (χ2n) is 4.92. The summed E-state index contributed by atoms with van der Waals surface area (Å²) in [4.78, 5) is 20.3. The number of hydrogen-bond acceptors (Lipinski definition) is 3. The molecule has 0 heterocycles. The van der Waals surface area contributed by atoms with Crippen molar-refractivity contribution in [3.8, 4) is 0 Å². The largest absolute Gasteiger partial charge is 0.478 e. The molecule has 0 radical (unpaired) electrons. The minimum Gasteiger partial charge on any atom is -0.478 e. The first-order valence-electron chi connectivity index (χ1n) is 7.59. The highest BCUT2D eigenvalue weighted by Crippen LogP contribution is 2.08. The summed E-state index contributed by atoms with van der Waals surface area (Å²) in [6, 6.07) is 0. The van der Waals surface area contributed by atoms with Gasteiger partial charge >= 0.3 is 11.9 Å². The third kappa shape index (κ3) is 20.9. The Labute approximate surface area is 128 Å². The van der Waals surface area contributed by atoms with Crippen LogP contribution in [-0.2, 0) is 14.3 Å². The second kappa shape index (κ2) is 16.5. The van der Waals surface area contributed by atoms with E-state index >= 15 is 0 Å². The van der Waals surface area contributed by atoms with E-state index in [1.807, 2.05) is 0 Å². The molecule has 1 N–H and O–H groups in total. The monoisotopic (exact) mass is 298 g/mol. The summed E-state index contributed by atoms with van der Waals surface area (Å²) in [5.74, 6) is -1.19. The summed E-state index contributed by atoms with van der Waals surface area (Å²) in [7, 11) is 1.33. The molecule has 0 aliphatic rings. The molecule has 0 aliphatic carbocycles. The normalized spacial score (nSPS) is 9.86. The highest BCUT2D eigenvalue weighted by molar-refractivity contribution is 5.86. The van der Waals surface area contributed by atoms with E-state index in [0.29, 0.717) is 5.57 Å².